The van der Waals surface area contributed by atoms with Crippen molar-refractivity contribution >= 4 is 22.5 Å². The number of ether oxygens (including phenoxy) is 1. The largest absolute Gasteiger partial charge is 0.385 e. The lowest BCUT2D eigenvalue weighted by Gasteiger charge is -2.07. The summed E-state index contributed by atoms with van der Waals surface area (Å²) in [5.41, 5.74) is 2.34. The first-order chi connectivity index (χ1) is 10.8. The monoisotopic (exact) mass is 323 g/mol. The Labute approximate surface area is 137 Å². The number of halogens is 1. The van der Waals surface area contributed by atoms with Crippen LogP contribution in [0.2, 0.25) is 5.02 Å². The Kier molecular flexibility index (Phi) is 6.68. The molecule has 1 aliphatic rings. The Bertz CT molecular complexity index is 593. The van der Waals surface area contributed by atoms with Gasteiger partial charge in [0.2, 0.25) is 0 Å². The number of benzene rings is 1. The second-order valence-corrected chi connectivity index (χ2v) is 5.79. The van der Waals surface area contributed by atoms with Crippen LogP contribution in [0.4, 0.5) is 0 Å². The quantitative estimate of drug-likeness (QED) is 0.783. The second-order valence-electron chi connectivity index (χ2n) is 5.38. The zero-order valence-corrected chi connectivity index (χ0v) is 14.5. The van der Waals surface area contributed by atoms with Gasteiger partial charge >= 0.3 is 0 Å². The summed E-state index contributed by atoms with van der Waals surface area (Å²) in [5.74, 6) is 0. The minimum absolute atomic E-state index is 0.705. The molecular weight excluding hydrogens is 298 g/mol. The second kappa shape index (κ2) is 8.51. The smallest absolute Gasteiger partial charge is 0.0700 e. The molecule has 1 saturated carbocycles. The van der Waals surface area contributed by atoms with E-state index in [4.69, 9.17) is 16.3 Å². The van der Waals surface area contributed by atoms with Crippen LogP contribution in [-0.2, 0) is 17.8 Å². The number of nitrogens with one attached hydrogen (secondary N) is 1. The van der Waals surface area contributed by atoms with Crippen LogP contribution in [0.3, 0.4) is 0 Å². The van der Waals surface area contributed by atoms with E-state index in [1.807, 2.05) is 30.8 Å². The summed E-state index contributed by atoms with van der Waals surface area (Å²) in [4.78, 5) is 0. The van der Waals surface area contributed by atoms with Crippen molar-refractivity contribution in [2.45, 2.75) is 52.2 Å². The van der Waals surface area contributed by atoms with Crippen LogP contribution in [0, 0.1) is 0 Å². The molecule has 0 spiro atoms. The molecule has 122 valence electrons. The highest BCUT2D eigenvalue weighted by molar-refractivity contribution is 6.35. The molecule has 4 nitrogen and oxygen atoms in total. The molecule has 1 N–H and O–H groups in total. The summed E-state index contributed by atoms with van der Waals surface area (Å²) >= 11 is 6.36. The average Bonchev–Trinajstić information content (AvgIpc) is 3.28. The summed E-state index contributed by atoms with van der Waals surface area (Å²) in [6.07, 6.45) is 5.40. The van der Waals surface area contributed by atoms with Crippen molar-refractivity contribution in [2.24, 2.45) is 0 Å². The minimum atomic E-state index is 0.705. The molecule has 1 fully saturated rings. The van der Waals surface area contributed by atoms with Crippen molar-refractivity contribution < 1.29 is 4.74 Å². The van der Waals surface area contributed by atoms with Gasteiger partial charge in [0.25, 0.3) is 0 Å². The van der Waals surface area contributed by atoms with Crippen LogP contribution < -0.4 is 5.32 Å². The van der Waals surface area contributed by atoms with Crippen LogP contribution in [0.25, 0.3) is 10.9 Å². The third kappa shape index (κ3) is 4.45. The fourth-order valence-electron chi connectivity index (χ4n) is 2.38. The van der Waals surface area contributed by atoms with Crippen LogP contribution in [-0.4, -0.2) is 29.5 Å². The summed E-state index contributed by atoms with van der Waals surface area (Å²) in [6.45, 7) is 6.48. The fourth-order valence-corrected chi connectivity index (χ4v) is 2.66. The number of aromatic nitrogens is 2. The fraction of sp³-hybridized carbons (Fsp3) is 0.588. The van der Waals surface area contributed by atoms with E-state index in [0.29, 0.717) is 6.04 Å². The SMILES string of the molecule is CC.COCCCn1ncc2c(Cl)cc(CNC3CC3)cc21. The molecule has 0 saturated heterocycles. The maximum Gasteiger partial charge on any atom is 0.0700 e. The molecule has 1 heterocycles. The highest BCUT2D eigenvalue weighted by atomic mass is 35.5. The van der Waals surface area contributed by atoms with Gasteiger partial charge in [-0.05, 0) is 37.0 Å². The molecule has 5 heteroatoms. The van der Waals surface area contributed by atoms with Gasteiger partial charge in [-0.3, -0.25) is 4.68 Å². The molecule has 1 aromatic carbocycles. The molecule has 22 heavy (non-hydrogen) atoms. The molecule has 0 amide bonds. The predicted molar refractivity (Wildman–Crippen MR) is 92.4 cm³/mol. The van der Waals surface area contributed by atoms with E-state index in [0.717, 1.165) is 42.0 Å². The zero-order chi connectivity index (χ0) is 15.9. The van der Waals surface area contributed by atoms with Gasteiger partial charge in [0.15, 0.2) is 0 Å². The normalized spacial score (nSPS) is 14.0. The van der Waals surface area contributed by atoms with Gasteiger partial charge < -0.3 is 10.1 Å². The first-order valence-electron chi connectivity index (χ1n) is 8.14. The van der Waals surface area contributed by atoms with E-state index < -0.39 is 0 Å². The maximum absolute atomic E-state index is 6.36. The van der Waals surface area contributed by atoms with Crippen molar-refractivity contribution in [3.63, 3.8) is 0 Å². The lowest BCUT2D eigenvalue weighted by atomic mass is 10.1. The van der Waals surface area contributed by atoms with Gasteiger partial charge in [0, 0.05) is 38.2 Å². The van der Waals surface area contributed by atoms with Crippen molar-refractivity contribution in [1.29, 1.82) is 0 Å². The van der Waals surface area contributed by atoms with Crippen LogP contribution in [0.15, 0.2) is 18.3 Å². The summed E-state index contributed by atoms with van der Waals surface area (Å²) in [5, 5.41) is 9.77. The molecule has 3 rings (SSSR count). The Balaban J connectivity index is 0.000000847. The number of methoxy groups -OCH3 is 1. The standard InChI is InChI=1S/C15H20ClN3O.C2H6/c1-20-6-2-5-19-15-8-11(9-17-12-3-4-12)7-14(16)13(15)10-18-19;1-2/h7-8,10,12,17H,2-6,9H2,1H3;1-2H3. The summed E-state index contributed by atoms with van der Waals surface area (Å²) in [7, 11) is 1.72. The van der Waals surface area contributed by atoms with Crippen molar-refractivity contribution in [1.82, 2.24) is 15.1 Å². The highest BCUT2D eigenvalue weighted by Crippen LogP contribution is 2.26. The number of rotatable bonds is 7. The lowest BCUT2D eigenvalue weighted by Crippen LogP contribution is -2.15. The molecular formula is C17H26ClN3O. The molecule has 1 aromatic heterocycles. The Hall–Kier alpha value is -1.10. The summed E-state index contributed by atoms with van der Waals surface area (Å²) in [6, 6.07) is 4.94. The zero-order valence-electron chi connectivity index (χ0n) is 13.7. The number of nitrogens with zero attached hydrogens (tertiary/aromatic N) is 2. The van der Waals surface area contributed by atoms with Crippen LogP contribution in [0.5, 0.6) is 0 Å². The third-order valence-electron chi connectivity index (χ3n) is 3.66. The van der Waals surface area contributed by atoms with Gasteiger partial charge in [-0.2, -0.15) is 5.10 Å². The Morgan fingerprint density at radius 1 is 1.36 bits per heavy atom. The number of aryl methyl sites for hydroxylation is 1. The molecule has 0 unspecified atom stereocenters. The van der Waals surface area contributed by atoms with Crippen molar-refractivity contribution in [2.75, 3.05) is 13.7 Å². The average molecular weight is 324 g/mol. The molecule has 0 aliphatic heterocycles. The van der Waals surface area contributed by atoms with E-state index in [1.165, 1.54) is 18.4 Å². The highest BCUT2D eigenvalue weighted by Gasteiger charge is 2.20. The van der Waals surface area contributed by atoms with E-state index >= 15 is 0 Å². The minimum Gasteiger partial charge on any atom is -0.385 e. The summed E-state index contributed by atoms with van der Waals surface area (Å²) < 4.78 is 7.11. The number of fused-ring (bicyclic) bond motifs is 1. The first kappa shape index (κ1) is 17.3. The Morgan fingerprint density at radius 3 is 2.82 bits per heavy atom. The molecule has 0 atom stereocenters. The van der Waals surface area contributed by atoms with Gasteiger partial charge in [0.1, 0.15) is 0 Å². The van der Waals surface area contributed by atoms with Crippen LogP contribution in [0.1, 0.15) is 38.7 Å². The molecule has 2 aromatic rings. The molecule has 0 radical (unpaired) electrons. The number of hydrogen-bond donors (Lipinski definition) is 1. The predicted octanol–water partition coefficient (Wildman–Crippen LogP) is 4.00. The Morgan fingerprint density at radius 2 is 2.14 bits per heavy atom. The number of hydrogen-bond acceptors (Lipinski definition) is 3. The van der Waals surface area contributed by atoms with Crippen LogP contribution >= 0.6 is 11.6 Å². The topological polar surface area (TPSA) is 39.1 Å². The lowest BCUT2D eigenvalue weighted by molar-refractivity contribution is 0.189. The van der Waals surface area contributed by atoms with Crippen molar-refractivity contribution in [3.05, 3.63) is 28.9 Å². The third-order valence-corrected chi connectivity index (χ3v) is 3.98. The van der Waals surface area contributed by atoms with Gasteiger partial charge in [-0.25, -0.2) is 0 Å². The molecule has 1 aliphatic carbocycles. The van der Waals surface area contributed by atoms with E-state index in [-0.39, 0.29) is 0 Å². The van der Waals surface area contributed by atoms with Crippen molar-refractivity contribution in [3.8, 4) is 0 Å². The van der Waals surface area contributed by atoms with E-state index in [2.05, 4.69) is 16.5 Å². The van der Waals surface area contributed by atoms with Gasteiger partial charge in [0.05, 0.1) is 16.7 Å². The molecule has 0 bridgehead atoms. The van der Waals surface area contributed by atoms with Gasteiger partial charge in [-0.1, -0.05) is 25.4 Å². The maximum atomic E-state index is 6.36. The van der Waals surface area contributed by atoms with E-state index in [1.54, 1.807) is 7.11 Å². The first-order valence-corrected chi connectivity index (χ1v) is 8.52. The van der Waals surface area contributed by atoms with E-state index in [9.17, 15) is 0 Å². The van der Waals surface area contributed by atoms with Gasteiger partial charge in [-0.15, -0.1) is 0 Å².